The average molecular weight is 620 g/mol. The molecule has 1 aliphatic carbocycles. The lowest BCUT2D eigenvalue weighted by atomic mass is 9.98. The van der Waals surface area contributed by atoms with E-state index in [-0.39, 0.29) is 18.1 Å². The Kier molecular flexibility index (Phi) is 9.59. The molecular weight excluding hydrogens is 574 g/mol. The van der Waals surface area contributed by atoms with E-state index in [0.29, 0.717) is 19.7 Å². The number of ether oxygens (including phenoxy) is 2. The molecule has 1 aliphatic heterocycles. The van der Waals surface area contributed by atoms with Gasteiger partial charge in [0, 0.05) is 44.7 Å². The number of benzene rings is 4. The smallest absolute Gasteiger partial charge is 0.410 e. The van der Waals surface area contributed by atoms with E-state index in [1.165, 1.54) is 38.6 Å². The molecule has 6 rings (SSSR count). The van der Waals surface area contributed by atoms with Crippen LogP contribution in [0.5, 0.6) is 0 Å². The van der Waals surface area contributed by atoms with E-state index >= 15 is 0 Å². The Morgan fingerprint density at radius 2 is 1.52 bits per heavy atom. The lowest BCUT2D eigenvalue weighted by molar-refractivity contribution is 0.0409. The molecule has 1 saturated heterocycles. The second-order valence-electron chi connectivity index (χ2n) is 13.5. The lowest BCUT2D eigenvalue weighted by Crippen LogP contribution is -2.55. The zero-order valence-electron chi connectivity index (χ0n) is 27.2. The quantitative estimate of drug-likeness (QED) is 0.195. The first kappa shape index (κ1) is 31.6. The molecule has 1 unspecified atom stereocenters. The topological polar surface area (TPSA) is 71.1 Å². The average Bonchev–Trinajstić information content (AvgIpc) is 3.37. The highest BCUT2D eigenvalue weighted by Gasteiger charge is 2.33. The Morgan fingerprint density at radius 1 is 0.848 bits per heavy atom. The van der Waals surface area contributed by atoms with E-state index in [4.69, 9.17) is 9.47 Å². The predicted molar refractivity (Wildman–Crippen MR) is 183 cm³/mol. The molecule has 4 aromatic rings. The van der Waals surface area contributed by atoms with Crippen molar-refractivity contribution < 1.29 is 19.1 Å². The van der Waals surface area contributed by atoms with E-state index in [9.17, 15) is 9.59 Å². The molecule has 2 aliphatic rings. The van der Waals surface area contributed by atoms with Crippen molar-refractivity contribution in [2.24, 2.45) is 0 Å². The molecule has 1 heterocycles. The van der Waals surface area contributed by atoms with Crippen molar-refractivity contribution in [1.29, 1.82) is 0 Å². The Balaban J connectivity index is 1.09. The second-order valence-corrected chi connectivity index (χ2v) is 13.5. The molecule has 2 amide bonds. The highest BCUT2D eigenvalue weighted by atomic mass is 16.6. The van der Waals surface area contributed by atoms with Crippen molar-refractivity contribution in [2.75, 3.05) is 39.3 Å². The first-order valence-corrected chi connectivity index (χ1v) is 16.5. The number of carbonyl (C=O) groups excluding carboxylic acids is 2. The minimum atomic E-state index is -0.542. The summed E-state index contributed by atoms with van der Waals surface area (Å²) in [6.45, 7) is 9.45. The maximum absolute atomic E-state index is 13.7. The van der Waals surface area contributed by atoms with Crippen molar-refractivity contribution in [1.82, 2.24) is 15.1 Å². The fraction of sp³-hybridized carbons (Fsp3) is 0.385. The largest absolute Gasteiger partial charge is 0.448 e. The number of piperazine rings is 1. The van der Waals surface area contributed by atoms with Gasteiger partial charge in [0.15, 0.2) is 0 Å². The molecule has 0 radical (unpaired) electrons. The molecule has 240 valence electrons. The van der Waals surface area contributed by atoms with Gasteiger partial charge >= 0.3 is 12.2 Å². The number of alkyl carbamates (subject to hydrolysis) is 1. The Hall–Kier alpha value is -4.36. The minimum absolute atomic E-state index is 0.0126. The second kappa shape index (κ2) is 14.0. The van der Waals surface area contributed by atoms with E-state index in [1.807, 2.05) is 25.7 Å². The van der Waals surface area contributed by atoms with Gasteiger partial charge in [0.1, 0.15) is 12.2 Å². The van der Waals surface area contributed by atoms with E-state index in [0.717, 1.165) is 38.9 Å². The number of hydrogen-bond donors (Lipinski definition) is 1. The summed E-state index contributed by atoms with van der Waals surface area (Å²) in [5.74, 6) is 0.0241. The lowest BCUT2D eigenvalue weighted by Gasteiger charge is -2.41. The van der Waals surface area contributed by atoms with E-state index < -0.39 is 11.7 Å². The predicted octanol–water partition coefficient (Wildman–Crippen LogP) is 7.62. The molecule has 1 N–H and O–H groups in total. The van der Waals surface area contributed by atoms with Gasteiger partial charge in [0.2, 0.25) is 0 Å². The summed E-state index contributed by atoms with van der Waals surface area (Å²) >= 11 is 0. The third kappa shape index (κ3) is 7.53. The van der Waals surface area contributed by atoms with Gasteiger partial charge in [0.25, 0.3) is 0 Å². The van der Waals surface area contributed by atoms with Gasteiger partial charge in [-0.1, -0.05) is 91.0 Å². The number of nitrogens with one attached hydrogen (secondary N) is 1. The fourth-order valence-electron chi connectivity index (χ4n) is 6.81. The van der Waals surface area contributed by atoms with Crippen LogP contribution in [0.15, 0.2) is 91.0 Å². The zero-order chi connectivity index (χ0) is 32.1. The normalized spacial score (nSPS) is 16.6. The highest BCUT2D eigenvalue weighted by molar-refractivity contribution is 5.83. The summed E-state index contributed by atoms with van der Waals surface area (Å²) < 4.78 is 11.5. The summed E-state index contributed by atoms with van der Waals surface area (Å²) in [5.41, 5.74) is 5.62. The molecule has 46 heavy (non-hydrogen) atoms. The molecule has 0 spiro atoms. The number of nitrogens with zero attached hydrogens (tertiary/aromatic N) is 2. The Labute approximate surface area is 272 Å². The van der Waals surface area contributed by atoms with Gasteiger partial charge < -0.3 is 19.7 Å². The minimum Gasteiger partial charge on any atom is -0.448 e. The molecule has 1 atom stereocenters. The third-order valence-corrected chi connectivity index (χ3v) is 9.05. The van der Waals surface area contributed by atoms with Crippen LogP contribution < -0.4 is 5.32 Å². The van der Waals surface area contributed by atoms with Crippen LogP contribution in [0.25, 0.3) is 21.9 Å². The van der Waals surface area contributed by atoms with Gasteiger partial charge in [-0.05, 0) is 78.6 Å². The molecule has 0 aromatic heterocycles. The van der Waals surface area contributed by atoms with Crippen LogP contribution in [0.3, 0.4) is 0 Å². The Morgan fingerprint density at radius 3 is 2.24 bits per heavy atom. The summed E-state index contributed by atoms with van der Waals surface area (Å²) in [4.78, 5) is 30.3. The van der Waals surface area contributed by atoms with E-state index in [1.54, 1.807) is 0 Å². The number of fused-ring (bicyclic) bond motifs is 4. The van der Waals surface area contributed by atoms with Gasteiger partial charge in [-0.3, -0.25) is 4.90 Å². The number of amides is 2. The van der Waals surface area contributed by atoms with Gasteiger partial charge in [-0.15, -0.1) is 0 Å². The monoisotopic (exact) mass is 619 g/mol. The molecule has 0 saturated carbocycles. The molecule has 4 aromatic carbocycles. The molecule has 7 nitrogen and oxygen atoms in total. The first-order chi connectivity index (χ1) is 22.2. The number of hydrogen-bond acceptors (Lipinski definition) is 5. The summed E-state index contributed by atoms with van der Waals surface area (Å²) in [6, 6.07) is 31.9. The van der Waals surface area contributed by atoms with Crippen LogP contribution in [0, 0.1) is 0 Å². The fourth-order valence-corrected chi connectivity index (χ4v) is 6.81. The van der Waals surface area contributed by atoms with Crippen LogP contribution in [-0.2, 0) is 15.9 Å². The summed E-state index contributed by atoms with van der Waals surface area (Å²) in [6.07, 6.45) is 1.76. The SMILES string of the molecule is CC(C)(C)OC(=O)NCCCC1CN(CCc2ccc3ccccc3c2)CCN1C(=O)OCC1c2ccccc2-c2ccccc21. The maximum Gasteiger partial charge on any atom is 0.410 e. The van der Waals surface area contributed by atoms with Gasteiger partial charge in [-0.2, -0.15) is 0 Å². The Bertz CT molecular complexity index is 1630. The number of carbonyl (C=O) groups is 2. The van der Waals surface area contributed by atoms with Crippen LogP contribution >= 0.6 is 0 Å². The summed E-state index contributed by atoms with van der Waals surface area (Å²) in [5, 5.41) is 5.38. The molecular formula is C39H45N3O4. The van der Waals surface area contributed by atoms with Crippen molar-refractivity contribution in [3.05, 3.63) is 108 Å². The van der Waals surface area contributed by atoms with E-state index in [2.05, 4.69) is 101 Å². The highest BCUT2D eigenvalue weighted by Crippen LogP contribution is 2.44. The zero-order valence-corrected chi connectivity index (χ0v) is 27.2. The van der Waals surface area contributed by atoms with Crippen molar-refractivity contribution in [3.8, 4) is 11.1 Å². The van der Waals surface area contributed by atoms with Crippen LogP contribution in [-0.4, -0.2) is 73.0 Å². The molecule has 0 bridgehead atoms. The standard InChI is InChI=1S/C39H45N3O4/c1-39(2,3)46-37(43)40-21-10-13-31-26-41(22-20-28-18-19-29-11-4-5-12-30(29)25-28)23-24-42(31)38(44)45-27-36-34-16-8-6-14-32(34)33-15-7-9-17-35(33)36/h4-9,11-12,14-19,25,31,36H,10,13,20-24,26-27H2,1-3H3,(H,40,43). The van der Waals surface area contributed by atoms with Crippen molar-refractivity contribution in [3.63, 3.8) is 0 Å². The van der Waals surface area contributed by atoms with Gasteiger partial charge in [-0.25, -0.2) is 9.59 Å². The third-order valence-electron chi connectivity index (χ3n) is 9.05. The first-order valence-electron chi connectivity index (χ1n) is 16.5. The van der Waals surface area contributed by atoms with Crippen LogP contribution in [0.1, 0.15) is 56.2 Å². The summed E-state index contributed by atoms with van der Waals surface area (Å²) in [7, 11) is 0. The van der Waals surface area contributed by atoms with Gasteiger partial charge in [0.05, 0.1) is 0 Å². The van der Waals surface area contributed by atoms with Crippen molar-refractivity contribution in [2.45, 2.75) is 57.6 Å². The number of rotatable bonds is 9. The molecule has 7 heteroatoms. The van der Waals surface area contributed by atoms with Crippen molar-refractivity contribution >= 4 is 23.0 Å². The molecule has 1 fully saturated rings. The van der Waals surface area contributed by atoms with Crippen LogP contribution in [0.4, 0.5) is 9.59 Å². The van der Waals surface area contributed by atoms with Crippen LogP contribution in [0.2, 0.25) is 0 Å². The maximum atomic E-state index is 13.7.